The van der Waals surface area contributed by atoms with Crippen molar-refractivity contribution in [1.29, 1.82) is 0 Å². The summed E-state index contributed by atoms with van der Waals surface area (Å²) < 4.78 is 5.97. The molecule has 0 bridgehead atoms. The molecule has 4 nitrogen and oxygen atoms in total. The maximum Gasteiger partial charge on any atom is 0.191 e. The van der Waals surface area contributed by atoms with E-state index in [1.165, 1.54) is 0 Å². The van der Waals surface area contributed by atoms with Crippen LogP contribution in [-0.2, 0) is 13.2 Å². The maximum atomic E-state index is 6.14. The third-order valence-corrected chi connectivity index (χ3v) is 4.90. The predicted molar refractivity (Wildman–Crippen MR) is 117 cm³/mol. The van der Waals surface area contributed by atoms with Crippen molar-refractivity contribution in [2.75, 3.05) is 24.6 Å². The smallest absolute Gasteiger partial charge is 0.191 e. The van der Waals surface area contributed by atoms with Gasteiger partial charge in [0.25, 0.3) is 0 Å². The van der Waals surface area contributed by atoms with Crippen molar-refractivity contribution < 1.29 is 4.74 Å². The average molecular weight is 469 g/mol. The van der Waals surface area contributed by atoms with E-state index in [9.17, 15) is 0 Å². The lowest BCUT2D eigenvalue weighted by Gasteiger charge is -2.27. The Hall–Kier alpha value is -1.41. The molecule has 1 heterocycles. The first-order chi connectivity index (χ1) is 11.8. The van der Waals surface area contributed by atoms with E-state index >= 15 is 0 Å². The van der Waals surface area contributed by atoms with Gasteiger partial charge in [0, 0.05) is 30.2 Å². The summed E-state index contributed by atoms with van der Waals surface area (Å²) in [5, 5.41) is 0. The second-order valence-electron chi connectivity index (χ2n) is 5.66. The highest BCUT2D eigenvalue weighted by molar-refractivity contribution is 14.0. The summed E-state index contributed by atoms with van der Waals surface area (Å²) in [6.45, 7) is 3.05. The molecule has 2 aromatic rings. The SMILES string of the molecule is I.NC(=NCc1ccccc1OCc1ccccc1)N1CCSCC1. The normalized spacial score (nSPS) is 14.7. The highest BCUT2D eigenvalue weighted by Crippen LogP contribution is 2.20. The molecule has 0 saturated carbocycles. The number of ether oxygens (including phenoxy) is 1. The molecular formula is C19H24IN3OS. The Morgan fingerprint density at radius 1 is 1.04 bits per heavy atom. The zero-order valence-electron chi connectivity index (χ0n) is 14.1. The van der Waals surface area contributed by atoms with Gasteiger partial charge in [-0.05, 0) is 11.6 Å². The van der Waals surface area contributed by atoms with Gasteiger partial charge in [0.15, 0.2) is 5.96 Å². The third kappa shape index (κ3) is 6.11. The number of rotatable bonds is 5. The van der Waals surface area contributed by atoms with E-state index in [2.05, 4.69) is 22.0 Å². The van der Waals surface area contributed by atoms with E-state index < -0.39 is 0 Å². The van der Waals surface area contributed by atoms with Crippen molar-refractivity contribution in [3.8, 4) is 5.75 Å². The summed E-state index contributed by atoms with van der Waals surface area (Å²) in [5.41, 5.74) is 8.35. The van der Waals surface area contributed by atoms with E-state index in [-0.39, 0.29) is 24.0 Å². The van der Waals surface area contributed by atoms with Gasteiger partial charge in [0.1, 0.15) is 12.4 Å². The molecule has 2 aromatic carbocycles. The van der Waals surface area contributed by atoms with Crippen molar-refractivity contribution in [2.45, 2.75) is 13.2 Å². The van der Waals surface area contributed by atoms with Crippen LogP contribution in [0.2, 0.25) is 0 Å². The highest BCUT2D eigenvalue weighted by atomic mass is 127. The minimum Gasteiger partial charge on any atom is -0.489 e. The number of guanidine groups is 1. The molecule has 0 unspecified atom stereocenters. The number of aliphatic imine (C=N–C) groups is 1. The third-order valence-electron chi connectivity index (χ3n) is 3.96. The number of hydrogen-bond acceptors (Lipinski definition) is 3. The molecule has 0 radical (unpaired) electrons. The van der Waals surface area contributed by atoms with Gasteiger partial charge >= 0.3 is 0 Å². The maximum absolute atomic E-state index is 6.14. The lowest BCUT2D eigenvalue weighted by atomic mass is 10.2. The molecule has 25 heavy (non-hydrogen) atoms. The fourth-order valence-electron chi connectivity index (χ4n) is 2.57. The number of benzene rings is 2. The van der Waals surface area contributed by atoms with Crippen LogP contribution in [0.15, 0.2) is 59.6 Å². The van der Waals surface area contributed by atoms with Gasteiger partial charge in [0.2, 0.25) is 0 Å². The Kier molecular flexibility index (Phi) is 8.40. The molecule has 0 amide bonds. The van der Waals surface area contributed by atoms with E-state index in [1.54, 1.807) is 0 Å². The molecule has 1 aliphatic rings. The van der Waals surface area contributed by atoms with Crippen molar-refractivity contribution in [2.24, 2.45) is 10.7 Å². The van der Waals surface area contributed by atoms with Gasteiger partial charge in [-0.3, -0.25) is 0 Å². The van der Waals surface area contributed by atoms with Crippen LogP contribution in [0.4, 0.5) is 0 Å². The van der Waals surface area contributed by atoms with E-state index in [0.29, 0.717) is 19.1 Å². The Morgan fingerprint density at radius 2 is 1.72 bits per heavy atom. The second kappa shape index (κ2) is 10.6. The van der Waals surface area contributed by atoms with E-state index in [4.69, 9.17) is 10.5 Å². The van der Waals surface area contributed by atoms with Crippen molar-refractivity contribution in [3.05, 3.63) is 65.7 Å². The molecule has 0 spiro atoms. The Bertz CT molecular complexity index is 675. The van der Waals surface area contributed by atoms with Crippen LogP contribution < -0.4 is 10.5 Å². The van der Waals surface area contributed by atoms with Crippen molar-refractivity contribution in [1.82, 2.24) is 4.90 Å². The molecule has 0 aliphatic carbocycles. The highest BCUT2D eigenvalue weighted by Gasteiger charge is 2.12. The van der Waals surface area contributed by atoms with E-state index in [0.717, 1.165) is 41.5 Å². The van der Waals surface area contributed by atoms with Crippen molar-refractivity contribution in [3.63, 3.8) is 0 Å². The number of hydrogen-bond donors (Lipinski definition) is 1. The quantitative estimate of drug-likeness (QED) is 0.412. The van der Waals surface area contributed by atoms with Crippen LogP contribution in [0.25, 0.3) is 0 Å². The van der Waals surface area contributed by atoms with Gasteiger partial charge in [-0.15, -0.1) is 24.0 Å². The zero-order chi connectivity index (χ0) is 16.6. The fourth-order valence-corrected chi connectivity index (χ4v) is 3.47. The molecular weight excluding hydrogens is 445 g/mol. The minimum absolute atomic E-state index is 0. The molecule has 1 fully saturated rings. The summed E-state index contributed by atoms with van der Waals surface area (Å²) in [7, 11) is 0. The molecule has 6 heteroatoms. The number of thioether (sulfide) groups is 1. The first-order valence-electron chi connectivity index (χ1n) is 8.20. The Balaban J connectivity index is 0.00000225. The van der Waals surface area contributed by atoms with Gasteiger partial charge in [-0.2, -0.15) is 11.8 Å². The summed E-state index contributed by atoms with van der Waals surface area (Å²) in [6, 6.07) is 18.2. The summed E-state index contributed by atoms with van der Waals surface area (Å²) >= 11 is 1.97. The van der Waals surface area contributed by atoms with Gasteiger partial charge in [-0.25, -0.2) is 4.99 Å². The topological polar surface area (TPSA) is 50.9 Å². The Labute approximate surface area is 170 Å². The average Bonchev–Trinajstić information content (AvgIpc) is 2.66. The first kappa shape index (κ1) is 19.9. The van der Waals surface area contributed by atoms with Crippen LogP contribution in [0.1, 0.15) is 11.1 Å². The van der Waals surface area contributed by atoms with Gasteiger partial charge in [0.05, 0.1) is 6.54 Å². The van der Waals surface area contributed by atoms with Crippen LogP contribution in [0.5, 0.6) is 5.75 Å². The number of para-hydroxylation sites is 1. The summed E-state index contributed by atoms with van der Waals surface area (Å²) in [4.78, 5) is 6.72. The first-order valence-corrected chi connectivity index (χ1v) is 9.35. The second-order valence-corrected chi connectivity index (χ2v) is 6.88. The van der Waals surface area contributed by atoms with Crippen molar-refractivity contribution >= 4 is 41.7 Å². The van der Waals surface area contributed by atoms with Crippen LogP contribution >= 0.6 is 35.7 Å². The fraction of sp³-hybridized carbons (Fsp3) is 0.316. The van der Waals surface area contributed by atoms with Gasteiger partial charge < -0.3 is 15.4 Å². The summed E-state index contributed by atoms with van der Waals surface area (Å²) in [6.07, 6.45) is 0. The minimum atomic E-state index is 0. The molecule has 1 saturated heterocycles. The molecule has 3 rings (SSSR count). The monoisotopic (exact) mass is 469 g/mol. The lowest BCUT2D eigenvalue weighted by molar-refractivity contribution is 0.303. The molecule has 134 valence electrons. The van der Waals surface area contributed by atoms with E-state index in [1.807, 2.05) is 54.2 Å². The molecule has 0 aromatic heterocycles. The molecule has 0 atom stereocenters. The molecule has 1 aliphatic heterocycles. The number of halogens is 1. The predicted octanol–water partition coefficient (Wildman–Crippen LogP) is 3.75. The standard InChI is InChI=1S/C19H23N3OS.HI/c20-19(22-10-12-24-13-11-22)21-14-17-8-4-5-9-18(17)23-15-16-6-2-1-3-7-16;/h1-9H,10-15H2,(H2,20,21);1H. The Morgan fingerprint density at radius 3 is 2.48 bits per heavy atom. The van der Waals surface area contributed by atoms with Gasteiger partial charge in [-0.1, -0.05) is 48.5 Å². The number of nitrogens with two attached hydrogens (primary N) is 1. The lowest BCUT2D eigenvalue weighted by Crippen LogP contribution is -2.42. The molecule has 2 N–H and O–H groups in total. The van der Waals surface area contributed by atoms with Crippen LogP contribution in [0.3, 0.4) is 0 Å². The number of nitrogens with zero attached hydrogens (tertiary/aromatic N) is 2. The largest absolute Gasteiger partial charge is 0.489 e. The zero-order valence-corrected chi connectivity index (χ0v) is 17.3. The summed E-state index contributed by atoms with van der Waals surface area (Å²) in [5.74, 6) is 3.74. The van der Waals surface area contributed by atoms with Crippen LogP contribution in [0, 0.1) is 0 Å². The van der Waals surface area contributed by atoms with Crippen LogP contribution in [-0.4, -0.2) is 35.5 Å².